The van der Waals surface area contributed by atoms with Gasteiger partial charge in [-0.05, 0) is 47.0 Å². The van der Waals surface area contributed by atoms with Crippen molar-refractivity contribution >= 4 is 0 Å². The molecule has 0 saturated carbocycles. The van der Waals surface area contributed by atoms with Crippen molar-refractivity contribution in [1.82, 2.24) is 0 Å². The van der Waals surface area contributed by atoms with Gasteiger partial charge in [0.2, 0.25) is 0 Å². The van der Waals surface area contributed by atoms with Crippen molar-refractivity contribution in [2.75, 3.05) is 14.2 Å². The average molecular weight is 457 g/mol. The zero-order valence-corrected chi connectivity index (χ0v) is 19.3. The van der Waals surface area contributed by atoms with Crippen LogP contribution in [0.4, 0.5) is 0 Å². The summed E-state index contributed by atoms with van der Waals surface area (Å²) in [5.74, 6) is 2.37. The minimum atomic E-state index is -0.944. The third-order valence-corrected chi connectivity index (χ3v) is 5.48. The van der Waals surface area contributed by atoms with Crippen LogP contribution in [0.2, 0.25) is 0 Å². The predicted octanol–water partition coefficient (Wildman–Crippen LogP) is 5.94. The molecular weight excluding hydrogens is 428 g/mol. The van der Waals surface area contributed by atoms with Crippen LogP contribution in [0.3, 0.4) is 0 Å². The van der Waals surface area contributed by atoms with Crippen molar-refractivity contribution < 1.29 is 24.1 Å². The van der Waals surface area contributed by atoms with E-state index in [2.05, 4.69) is 0 Å². The quantitative estimate of drug-likeness (QED) is 0.320. The smallest absolute Gasteiger partial charge is 0.162 e. The first-order valence-corrected chi connectivity index (χ1v) is 11.1. The Morgan fingerprint density at radius 1 is 0.618 bits per heavy atom. The molecule has 0 spiro atoms. The van der Waals surface area contributed by atoms with Gasteiger partial charge in [-0.25, -0.2) is 0 Å². The molecule has 34 heavy (non-hydrogen) atoms. The van der Waals surface area contributed by atoms with Crippen LogP contribution < -0.4 is 18.9 Å². The van der Waals surface area contributed by atoms with Gasteiger partial charge in [-0.3, -0.25) is 0 Å². The van der Waals surface area contributed by atoms with Crippen LogP contribution in [0, 0.1) is 0 Å². The number of hydrogen-bond donors (Lipinski definition) is 1. The maximum atomic E-state index is 11.3. The molecule has 0 amide bonds. The van der Waals surface area contributed by atoms with Crippen molar-refractivity contribution in [2.24, 2.45) is 0 Å². The summed E-state index contributed by atoms with van der Waals surface area (Å²) < 4.78 is 22.9. The minimum absolute atomic E-state index is 0.392. The van der Waals surface area contributed by atoms with Gasteiger partial charge in [-0.2, -0.15) is 0 Å². The van der Waals surface area contributed by atoms with Gasteiger partial charge in [0.25, 0.3) is 0 Å². The van der Waals surface area contributed by atoms with Crippen molar-refractivity contribution in [1.29, 1.82) is 0 Å². The highest BCUT2D eigenvalue weighted by Gasteiger charge is 2.19. The summed E-state index contributed by atoms with van der Waals surface area (Å²) in [5, 5.41) is 11.3. The molecule has 5 heteroatoms. The SMILES string of the molecule is COc1ccc(C(O)c2cc(OCc3ccccc3)ccc2OC)cc1OCc1ccccc1. The molecule has 0 fully saturated rings. The van der Waals surface area contributed by atoms with Crippen LogP contribution in [0.15, 0.2) is 97.1 Å². The Balaban J connectivity index is 1.56. The second kappa shape index (κ2) is 11.3. The topological polar surface area (TPSA) is 57.2 Å². The number of ether oxygens (including phenoxy) is 4. The molecule has 5 nitrogen and oxygen atoms in total. The molecule has 0 radical (unpaired) electrons. The maximum Gasteiger partial charge on any atom is 0.162 e. The monoisotopic (exact) mass is 456 g/mol. The molecular formula is C29H28O5. The van der Waals surface area contributed by atoms with Gasteiger partial charge in [-0.15, -0.1) is 0 Å². The van der Waals surface area contributed by atoms with E-state index in [0.29, 0.717) is 47.3 Å². The largest absolute Gasteiger partial charge is 0.496 e. The van der Waals surface area contributed by atoms with Crippen molar-refractivity contribution in [3.63, 3.8) is 0 Å². The molecule has 0 aliphatic rings. The minimum Gasteiger partial charge on any atom is -0.496 e. The predicted molar refractivity (Wildman–Crippen MR) is 132 cm³/mol. The molecule has 1 atom stereocenters. The lowest BCUT2D eigenvalue weighted by Crippen LogP contribution is -2.05. The third-order valence-electron chi connectivity index (χ3n) is 5.48. The molecule has 0 heterocycles. The van der Waals surface area contributed by atoms with Crippen LogP contribution in [-0.4, -0.2) is 19.3 Å². The first kappa shape index (κ1) is 23.2. The highest BCUT2D eigenvalue weighted by atomic mass is 16.5. The van der Waals surface area contributed by atoms with Crippen molar-refractivity contribution in [3.05, 3.63) is 119 Å². The molecule has 174 valence electrons. The zero-order valence-electron chi connectivity index (χ0n) is 19.3. The molecule has 1 N–H and O–H groups in total. The van der Waals surface area contributed by atoms with E-state index >= 15 is 0 Å². The van der Waals surface area contributed by atoms with E-state index in [0.717, 1.165) is 11.1 Å². The normalized spacial score (nSPS) is 11.5. The summed E-state index contributed by atoms with van der Waals surface area (Å²) in [7, 11) is 3.18. The molecule has 4 rings (SSSR count). The number of rotatable bonds is 10. The highest BCUT2D eigenvalue weighted by molar-refractivity contribution is 5.49. The Labute approximate surface area is 200 Å². The molecule has 0 bridgehead atoms. The summed E-state index contributed by atoms with van der Waals surface area (Å²) in [6, 6.07) is 30.7. The molecule has 0 aromatic heterocycles. The third kappa shape index (κ3) is 5.69. The second-order valence-corrected chi connectivity index (χ2v) is 7.77. The van der Waals surface area contributed by atoms with Crippen LogP contribution in [0.1, 0.15) is 28.4 Å². The van der Waals surface area contributed by atoms with E-state index < -0.39 is 6.10 Å². The number of aliphatic hydroxyl groups is 1. The molecule has 4 aromatic rings. The van der Waals surface area contributed by atoms with E-state index in [1.807, 2.05) is 72.8 Å². The Hall–Kier alpha value is -3.96. The summed E-state index contributed by atoms with van der Waals surface area (Å²) in [6.45, 7) is 0.825. The van der Waals surface area contributed by atoms with Crippen LogP contribution >= 0.6 is 0 Å². The van der Waals surface area contributed by atoms with Crippen LogP contribution in [0.25, 0.3) is 0 Å². The number of aliphatic hydroxyl groups excluding tert-OH is 1. The van der Waals surface area contributed by atoms with Gasteiger partial charge in [0.05, 0.1) is 14.2 Å². The lowest BCUT2D eigenvalue weighted by atomic mass is 9.99. The van der Waals surface area contributed by atoms with Gasteiger partial charge in [-0.1, -0.05) is 66.7 Å². The summed E-state index contributed by atoms with van der Waals surface area (Å²) in [4.78, 5) is 0. The zero-order chi connectivity index (χ0) is 23.8. The molecule has 0 aliphatic heterocycles. The van der Waals surface area contributed by atoms with E-state index in [9.17, 15) is 5.11 Å². The van der Waals surface area contributed by atoms with Crippen molar-refractivity contribution in [2.45, 2.75) is 19.3 Å². The fourth-order valence-electron chi connectivity index (χ4n) is 3.65. The molecule has 4 aromatic carbocycles. The van der Waals surface area contributed by atoms with E-state index in [-0.39, 0.29) is 0 Å². The van der Waals surface area contributed by atoms with Crippen molar-refractivity contribution in [3.8, 4) is 23.0 Å². The van der Waals surface area contributed by atoms with Gasteiger partial charge in [0.15, 0.2) is 11.5 Å². The van der Waals surface area contributed by atoms with Crippen LogP contribution in [0.5, 0.6) is 23.0 Å². The summed E-state index contributed by atoms with van der Waals surface area (Å²) >= 11 is 0. The fourth-order valence-corrected chi connectivity index (χ4v) is 3.65. The summed E-state index contributed by atoms with van der Waals surface area (Å²) in [5.41, 5.74) is 3.37. The van der Waals surface area contributed by atoms with Gasteiger partial charge in [0.1, 0.15) is 30.8 Å². The number of benzene rings is 4. The van der Waals surface area contributed by atoms with Gasteiger partial charge < -0.3 is 24.1 Å². The lowest BCUT2D eigenvalue weighted by molar-refractivity contribution is 0.212. The number of hydrogen-bond acceptors (Lipinski definition) is 5. The molecule has 1 unspecified atom stereocenters. The Morgan fingerprint density at radius 2 is 1.21 bits per heavy atom. The molecule has 0 aliphatic carbocycles. The van der Waals surface area contributed by atoms with Gasteiger partial charge in [0, 0.05) is 5.56 Å². The van der Waals surface area contributed by atoms with E-state index in [1.165, 1.54) is 0 Å². The first-order chi connectivity index (χ1) is 16.7. The average Bonchev–Trinajstić information content (AvgIpc) is 2.91. The molecule has 0 saturated heterocycles. The summed E-state index contributed by atoms with van der Waals surface area (Å²) in [6.07, 6.45) is -0.944. The highest BCUT2D eigenvalue weighted by Crippen LogP contribution is 2.37. The Morgan fingerprint density at radius 3 is 1.82 bits per heavy atom. The van der Waals surface area contributed by atoms with Gasteiger partial charge >= 0.3 is 0 Å². The standard InChI is InChI=1S/C29H28O5/c1-31-26-16-14-24(33-19-21-9-5-3-6-10-21)18-25(26)29(30)23-13-15-27(32-2)28(17-23)34-20-22-11-7-4-8-12-22/h3-18,29-30H,19-20H2,1-2H3. The van der Waals surface area contributed by atoms with E-state index in [4.69, 9.17) is 18.9 Å². The fraction of sp³-hybridized carbons (Fsp3) is 0.172. The first-order valence-electron chi connectivity index (χ1n) is 11.1. The Bertz CT molecular complexity index is 1190. The Kier molecular flexibility index (Phi) is 7.68. The van der Waals surface area contributed by atoms with Crippen LogP contribution in [-0.2, 0) is 13.2 Å². The lowest BCUT2D eigenvalue weighted by Gasteiger charge is -2.19. The maximum absolute atomic E-state index is 11.3. The number of methoxy groups -OCH3 is 2. The van der Waals surface area contributed by atoms with E-state index in [1.54, 1.807) is 38.5 Å². The second-order valence-electron chi connectivity index (χ2n) is 7.77.